The van der Waals surface area contributed by atoms with E-state index in [0.717, 1.165) is 11.3 Å². The number of anilines is 1. The predicted molar refractivity (Wildman–Crippen MR) is 75.6 cm³/mol. The summed E-state index contributed by atoms with van der Waals surface area (Å²) in [5.74, 6) is 0. The van der Waals surface area contributed by atoms with Crippen molar-refractivity contribution in [3.63, 3.8) is 0 Å². The van der Waals surface area contributed by atoms with Crippen LogP contribution in [0.5, 0.6) is 0 Å². The van der Waals surface area contributed by atoms with Crippen LogP contribution in [-0.4, -0.2) is 0 Å². The first-order valence-corrected chi connectivity index (χ1v) is 5.76. The lowest BCUT2D eigenvalue weighted by Crippen LogP contribution is -1.92. The third-order valence-corrected chi connectivity index (χ3v) is 2.82. The SMILES string of the molecule is C/C(=C\c1ccccc1)c1cc(C)ccc1N. The molecule has 17 heavy (non-hydrogen) atoms. The molecule has 2 N–H and O–H groups in total. The molecule has 0 aromatic heterocycles. The van der Waals surface area contributed by atoms with E-state index in [4.69, 9.17) is 5.73 Å². The highest BCUT2D eigenvalue weighted by molar-refractivity contribution is 5.85. The van der Waals surface area contributed by atoms with Crippen LogP contribution in [0.15, 0.2) is 48.5 Å². The molecule has 0 unspecified atom stereocenters. The van der Waals surface area contributed by atoms with Crippen LogP contribution >= 0.6 is 0 Å². The van der Waals surface area contributed by atoms with E-state index in [2.05, 4.69) is 38.1 Å². The summed E-state index contributed by atoms with van der Waals surface area (Å²) in [5, 5.41) is 0. The Balaban J connectivity index is 2.40. The van der Waals surface area contributed by atoms with E-state index in [-0.39, 0.29) is 0 Å². The van der Waals surface area contributed by atoms with Gasteiger partial charge in [0, 0.05) is 11.3 Å². The minimum atomic E-state index is 0.834. The highest BCUT2D eigenvalue weighted by atomic mass is 14.6. The fraction of sp³-hybridized carbons (Fsp3) is 0.125. The monoisotopic (exact) mass is 223 g/mol. The van der Waals surface area contributed by atoms with E-state index in [1.807, 2.05) is 30.3 Å². The zero-order chi connectivity index (χ0) is 12.3. The number of hydrogen-bond donors (Lipinski definition) is 1. The molecule has 2 aromatic carbocycles. The zero-order valence-corrected chi connectivity index (χ0v) is 10.3. The van der Waals surface area contributed by atoms with Gasteiger partial charge in [-0.15, -0.1) is 0 Å². The number of nitrogens with two attached hydrogens (primary N) is 1. The Labute approximate surface area is 103 Å². The van der Waals surface area contributed by atoms with Crippen molar-refractivity contribution in [2.45, 2.75) is 13.8 Å². The van der Waals surface area contributed by atoms with Crippen LogP contribution in [-0.2, 0) is 0 Å². The summed E-state index contributed by atoms with van der Waals surface area (Å²) in [4.78, 5) is 0. The Bertz CT molecular complexity index is 539. The van der Waals surface area contributed by atoms with Crippen molar-refractivity contribution >= 4 is 17.3 Å². The van der Waals surface area contributed by atoms with Crippen molar-refractivity contribution in [1.29, 1.82) is 0 Å². The van der Waals surface area contributed by atoms with Crippen LogP contribution in [0.1, 0.15) is 23.6 Å². The third-order valence-electron chi connectivity index (χ3n) is 2.82. The number of rotatable bonds is 2. The van der Waals surface area contributed by atoms with E-state index < -0.39 is 0 Å². The summed E-state index contributed by atoms with van der Waals surface area (Å²) in [7, 11) is 0. The summed E-state index contributed by atoms with van der Waals surface area (Å²) in [6.07, 6.45) is 2.16. The van der Waals surface area contributed by atoms with Gasteiger partial charge in [0.15, 0.2) is 0 Å². The van der Waals surface area contributed by atoms with Gasteiger partial charge < -0.3 is 5.73 Å². The molecule has 0 saturated carbocycles. The predicted octanol–water partition coefficient (Wildman–Crippen LogP) is 4.14. The molecule has 0 atom stereocenters. The molecule has 0 fully saturated rings. The van der Waals surface area contributed by atoms with Gasteiger partial charge in [-0.25, -0.2) is 0 Å². The van der Waals surface area contributed by atoms with Crippen LogP contribution in [0.4, 0.5) is 5.69 Å². The first-order chi connectivity index (χ1) is 8.16. The Hall–Kier alpha value is -2.02. The summed E-state index contributed by atoms with van der Waals surface area (Å²) in [6, 6.07) is 16.4. The van der Waals surface area contributed by atoms with E-state index in [1.165, 1.54) is 16.7 Å². The Morgan fingerprint density at radius 3 is 2.47 bits per heavy atom. The van der Waals surface area contributed by atoms with Gasteiger partial charge in [0.1, 0.15) is 0 Å². The van der Waals surface area contributed by atoms with E-state index >= 15 is 0 Å². The summed E-state index contributed by atoms with van der Waals surface area (Å²) in [6.45, 7) is 4.18. The first-order valence-electron chi connectivity index (χ1n) is 5.76. The Morgan fingerprint density at radius 2 is 1.76 bits per heavy atom. The van der Waals surface area contributed by atoms with Gasteiger partial charge in [0.2, 0.25) is 0 Å². The lowest BCUT2D eigenvalue weighted by atomic mass is 10.0. The number of nitrogen functional groups attached to an aromatic ring is 1. The minimum Gasteiger partial charge on any atom is -0.398 e. The molecule has 1 heteroatoms. The molecule has 86 valence electrons. The molecule has 0 aliphatic heterocycles. The molecule has 2 rings (SSSR count). The molecule has 0 spiro atoms. The van der Waals surface area contributed by atoms with Gasteiger partial charge in [-0.1, -0.05) is 48.0 Å². The second kappa shape index (κ2) is 4.88. The van der Waals surface area contributed by atoms with Crippen molar-refractivity contribution in [3.8, 4) is 0 Å². The molecule has 0 aliphatic carbocycles. The second-order valence-electron chi connectivity index (χ2n) is 4.33. The first kappa shape index (κ1) is 11.5. The summed E-state index contributed by atoms with van der Waals surface area (Å²) in [5.41, 5.74) is 11.6. The number of benzene rings is 2. The number of hydrogen-bond acceptors (Lipinski definition) is 1. The minimum absolute atomic E-state index is 0.834. The maximum Gasteiger partial charge on any atom is 0.0390 e. The lowest BCUT2D eigenvalue weighted by molar-refractivity contribution is 1.44. The summed E-state index contributed by atoms with van der Waals surface area (Å²) < 4.78 is 0. The standard InChI is InChI=1S/C16H17N/c1-12-8-9-16(17)15(10-12)13(2)11-14-6-4-3-5-7-14/h3-11H,17H2,1-2H3/b13-11+. The van der Waals surface area contributed by atoms with Gasteiger partial charge in [-0.2, -0.15) is 0 Å². The number of allylic oxidation sites excluding steroid dienone is 1. The maximum atomic E-state index is 6.00. The van der Waals surface area contributed by atoms with Crippen molar-refractivity contribution in [1.82, 2.24) is 0 Å². The molecule has 2 aromatic rings. The molecular formula is C16H17N. The van der Waals surface area contributed by atoms with Gasteiger partial charge in [0.05, 0.1) is 0 Å². The lowest BCUT2D eigenvalue weighted by Gasteiger charge is -2.07. The fourth-order valence-electron chi connectivity index (χ4n) is 1.89. The van der Waals surface area contributed by atoms with Gasteiger partial charge in [-0.3, -0.25) is 0 Å². The normalized spacial score (nSPS) is 11.5. The van der Waals surface area contributed by atoms with Crippen LogP contribution in [0, 0.1) is 6.92 Å². The molecule has 1 nitrogen and oxygen atoms in total. The van der Waals surface area contributed by atoms with Gasteiger partial charge in [-0.05, 0) is 37.1 Å². The highest BCUT2D eigenvalue weighted by Crippen LogP contribution is 2.24. The largest absolute Gasteiger partial charge is 0.398 e. The molecule has 0 aliphatic rings. The molecule has 0 bridgehead atoms. The average molecular weight is 223 g/mol. The second-order valence-corrected chi connectivity index (χ2v) is 4.33. The van der Waals surface area contributed by atoms with Crippen molar-refractivity contribution in [3.05, 3.63) is 65.2 Å². The highest BCUT2D eigenvalue weighted by Gasteiger charge is 2.01. The topological polar surface area (TPSA) is 26.0 Å². The van der Waals surface area contributed by atoms with Crippen LogP contribution in [0.3, 0.4) is 0 Å². The van der Waals surface area contributed by atoms with Crippen molar-refractivity contribution < 1.29 is 0 Å². The van der Waals surface area contributed by atoms with Gasteiger partial charge in [0.25, 0.3) is 0 Å². The Kier molecular flexibility index (Phi) is 3.29. The van der Waals surface area contributed by atoms with E-state index in [0.29, 0.717) is 0 Å². The van der Waals surface area contributed by atoms with Crippen LogP contribution < -0.4 is 5.73 Å². The van der Waals surface area contributed by atoms with Crippen molar-refractivity contribution in [2.24, 2.45) is 0 Å². The molecule has 0 heterocycles. The van der Waals surface area contributed by atoms with Crippen molar-refractivity contribution in [2.75, 3.05) is 5.73 Å². The molecule has 0 amide bonds. The fourth-order valence-corrected chi connectivity index (χ4v) is 1.89. The van der Waals surface area contributed by atoms with E-state index in [9.17, 15) is 0 Å². The quantitative estimate of drug-likeness (QED) is 0.601. The zero-order valence-electron chi connectivity index (χ0n) is 10.3. The molecule has 0 radical (unpaired) electrons. The third kappa shape index (κ3) is 2.76. The Morgan fingerprint density at radius 1 is 1.06 bits per heavy atom. The van der Waals surface area contributed by atoms with Crippen LogP contribution in [0.25, 0.3) is 11.6 Å². The maximum absolute atomic E-state index is 6.00. The van der Waals surface area contributed by atoms with Crippen LogP contribution in [0.2, 0.25) is 0 Å². The average Bonchev–Trinajstić information content (AvgIpc) is 2.33. The molecular weight excluding hydrogens is 206 g/mol. The van der Waals surface area contributed by atoms with E-state index in [1.54, 1.807) is 0 Å². The molecule has 0 saturated heterocycles. The smallest absolute Gasteiger partial charge is 0.0390 e. The number of aryl methyl sites for hydroxylation is 1. The van der Waals surface area contributed by atoms with Gasteiger partial charge >= 0.3 is 0 Å². The summed E-state index contributed by atoms with van der Waals surface area (Å²) >= 11 is 0.